The predicted molar refractivity (Wildman–Crippen MR) is 67.2 cm³/mol. The number of anilines is 1. The van der Waals surface area contributed by atoms with Gasteiger partial charge in [-0.15, -0.1) is 0 Å². The lowest BCUT2D eigenvalue weighted by molar-refractivity contribution is 0.102. The summed E-state index contributed by atoms with van der Waals surface area (Å²) in [6.07, 6.45) is 0. The van der Waals surface area contributed by atoms with E-state index >= 15 is 0 Å². The molecule has 0 fully saturated rings. The molecule has 1 amide bonds. The number of hydrogen-bond acceptors (Lipinski definition) is 2. The topological polar surface area (TPSA) is 49.3 Å². The Labute approximate surface area is 108 Å². The van der Waals surface area contributed by atoms with Crippen LogP contribution in [0.4, 0.5) is 14.5 Å². The Hall–Kier alpha value is -2.43. The van der Waals surface area contributed by atoms with Crippen LogP contribution in [0, 0.1) is 18.6 Å². The molecule has 0 heterocycles. The number of para-hydroxylation sites is 1. The number of phenolic OH excluding ortho intramolecular Hbond substituents is 1. The number of hydrogen-bond donors (Lipinski definition) is 2. The molecule has 2 aromatic carbocycles. The van der Waals surface area contributed by atoms with Gasteiger partial charge in [-0.25, -0.2) is 8.78 Å². The van der Waals surface area contributed by atoms with Gasteiger partial charge in [0, 0.05) is 11.8 Å². The summed E-state index contributed by atoms with van der Waals surface area (Å²) in [4.78, 5) is 11.9. The second kappa shape index (κ2) is 5.06. The van der Waals surface area contributed by atoms with Crippen molar-refractivity contribution in [2.75, 3.05) is 5.32 Å². The van der Waals surface area contributed by atoms with Crippen LogP contribution in [0.1, 0.15) is 15.9 Å². The first-order valence-corrected chi connectivity index (χ1v) is 5.54. The third-order valence-corrected chi connectivity index (χ3v) is 2.66. The average Bonchev–Trinajstić information content (AvgIpc) is 2.37. The Bertz CT molecular complexity index is 641. The van der Waals surface area contributed by atoms with Crippen molar-refractivity contribution in [3.05, 3.63) is 59.2 Å². The minimum absolute atomic E-state index is 0.0738. The lowest BCUT2D eigenvalue weighted by atomic mass is 10.1. The molecule has 19 heavy (non-hydrogen) atoms. The number of amides is 1. The van der Waals surface area contributed by atoms with Gasteiger partial charge >= 0.3 is 0 Å². The van der Waals surface area contributed by atoms with Crippen molar-refractivity contribution in [3.8, 4) is 5.75 Å². The fourth-order valence-corrected chi connectivity index (χ4v) is 1.61. The number of carbonyl (C=O) groups is 1. The SMILES string of the molecule is Cc1cccc(C(=O)Nc2ccc(F)c(F)c2)c1O. The quantitative estimate of drug-likeness (QED) is 0.873. The van der Waals surface area contributed by atoms with Crippen molar-refractivity contribution in [3.63, 3.8) is 0 Å². The molecular weight excluding hydrogens is 252 g/mol. The van der Waals surface area contributed by atoms with E-state index in [0.29, 0.717) is 5.56 Å². The van der Waals surface area contributed by atoms with E-state index < -0.39 is 17.5 Å². The molecule has 0 spiro atoms. The number of carbonyl (C=O) groups excluding carboxylic acids is 1. The van der Waals surface area contributed by atoms with Crippen LogP contribution in [0.3, 0.4) is 0 Å². The first-order chi connectivity index (χ1) is 8.99. The van der Waals surface area contributed by atoms with E-state index in [1.54, 1.807) is 19.1 Å². The van der Waals surface area contributed by atoms with Crippen LogP contribution in [0.5, 0.6) is 5.75 Å². The molecular formula is C14H11F2NO2. The van der Waals surface area contributed by atoms with Crippen molar-refractivity contribution in [1.29, 1.82) is 0 Å². The number of phenols is 1. The maximum absolute atomic E-state index is 13.0. The number of rotatable bonds is 2. The standard InChI is InChI=1S/C14H11F2NO2/c1-8-3-2-4-10(13(8)18)14(19)17-9-5-6-11(15)12(16)7-9/h2-7,18H,1H3,(H,17,19). The normalized spacial score (nSPS) is 10.3. The minimum atomic E-state index is -1.05. The molecule has 3 nitrogen and oxygen atoms in total. The van der Waals surface area contributed by atoms with Gasteiger partial charge < -0.3 is 10.4 Å². The molecule has 5 heteroatoms. The van der Waals surface area contributed by atoms with E-state index in [9.17, 15) is 18.7 Å². The number of benzene rings is 2. The molecule has 0 aliphatic rings. The molecule has 0 aliphatic heterocycles. The van der Waals surface area contributed by atoms with Gasteiger partial charge in [0.1, 0.15) is 5.75 Å². The summed E-state index contributed by atoms with van der Waals surface area (Å²) in [7, 11) is 0. The predicted octanol–water partition coefficient (Wildman–Crippen LogP) is 3.23. The summed E-state index contributed by atoms with van der Waals surface area (Å²) in [6, 6.07) is 7.75. The van der Waals surface area contributed by atoms with E-state index in [-0.39, 0.29) is 17.0 Å². The second-order valence-electron chi connectivity index (χ2n) is 4.05. The van der Waals surface area contributed by atoms with Crippen LogP contribution < -0.4 is 5.32 Å². The van der Waals surface area contributed by atoms with Gasteiger partial charge in [0.25, 0.3) is 5.91 Å². The average molecular weight is 263 g/mol. The first-order valence-electron chi connectivity index (χ1n) is 5.54. The summed E-state index contributed by atoms with van der Waals surface area (Å²) in [5.74, 6) is -2.77. The van der Waals surface area contributed by atoms with Gasteiger partial charge in [0.2, 0.25) is 0 Å². The summed E-state index contributed by atoms with van der Waals surface area (Å²) in [5.41, 5.74) is 0.743. The molecule has 2 rings (SSSR count). The molecule has 0 radical (unpaired) electrons. The summed E-state index contributed by atoms with van der Waals surface area (Å²) >= 11 is 0. The van der Waals surface area contributed by atoms with Crippen LogP contribution in [-0.4, -0.2) is 11.0 Å². The second-order valence-corrected chi connectivity index (χ2v) is 4.05. The third-order valence-electron chi connectivity index (χ3n) is 2.66. The molecule has 2 N–H and O–H groups in total. The fraction of sp³-hybridized carbons (Fsp3) is 0.0714. The molecule has 0 unspecified atom stereocenters. The summed E-state index contributed by atoms with van der Waals surface area (Å²) < 4.78 is 25.7. The van der Waals surface area contributed by atoms with E-state index in [1.807, 2.05) is 0 Å². The highest BCUT2D eigenvalue weighted by Crippen LogP contribution is 2.23. The van der Waals surface area contributed by atoms with Gasteiger partial charge in [-0.05, 0) is 30.7 Å². The lowest BCUT2D eigenvalue weighted by Crippen LogP contribution is -2.12. The molecule has 2 aromatic rings. The third kappa shape index (κ3) is 2.70. The van der Waals surface area contributed by atoms with Crippen molar-refractivity contribution in [2.45, 2.75) is 6.92 Å². The van der Waals surface area contributed by atoms with Gasteiger partial charge in [0.05, 0.1) is 5.56 Å². The lowest BCUT2D eigenvalue weighted by Gasteiger charge is -2.08. The van der Waals surface area contributed by atoms with Crippen LogP contribution in [0.25, 0.3) is 0 Å². The molecule has 0 bridgehead atoms. The highest BCUT2D eigenvalue weighted by Gasteiger charge is 2.13. The van der Waals surface area contributed by atoms with Crippen LogP contribution in [0.2, 0.25) is 0 Å². The summed E-state index contributed by atoms with van der Waals surface area (Å²) in [6.45, 7) is 1.66. The number of aryl methyl sites for hydroxylation is 1. The molecule has 0 aromatic heterocycles. The van der Waals surface area contributed by atoms with Crippen molar-refractivity contribution < 1.29 is 18.7 Å². The van der Waals surface area contributed by atoms with E-state index in [1.165, 1.54) is 12.1 Å². The van der Waals surface area contributed by atoms with E-state index in [0.717, 1.165) is 12.1 Å². The zero-order valence-corrected chi connectivity index (χ0v) is 10.1. The Kier molecular flexibility index (Phi) is 3.46. The van der Waals surface area contributed by atoms with Gasteiger partial charge in [-0.3, -0.25) is 4.79 Å². The molecule has 0 atom stereocenters. The van der Waals surface area contributed by atoms with Crippen LogP contribution in [-0.2, 0) is 0 Å². The van der Waals surface area contributed by atoms with Gasteiger partial charge in [-0.2, -0.15) is 0 Å². The minimum Gasteiger partial charge on any atom is -0.507 e. The maximum atomic E-state index is 13.0. The van der Waals surface area contributed by atoms with Crippen LogP contribution >= 0.6 is 0 Å². The number of nitrogens with one attached hydrogen (secondary N) is 1. The molecule has 0 aliphatic carbocycles. The number of aromatic hydroxyl groups is 1. The van der Waals surface area contributed by atoms with Crippen molar-refractivity contribution in [1.82, 2.24) is 0 Å². The van der Waals surface area contributed by atoms with E-state index in [4.69, 9.17) is 0 Å². The van der Waals surface area contributed by atoms with Crippen molar-refractivity contribution >= 4 is 11.6 Å². The Morgan fingerprint density at radius 1 is 1.16 bits per heavy atom. The van der Waals surface area contributed by atoms with E-state index in [2.05, 4.69) is 5.32 Å². The molecule has 0 saturated carbocycles. The smallest absolute Gasteiger partial charge is 0.259 e. The Morgan fingerprint density at radius 3 is 2.58 bits per heavy atom. The summed E-state index contributed by atoms with van der Waals surface area (Å²) in [5, 5.41) is 12.1. The molecule has 0 saturated heterocycles. The fourth-order valence-electron chi connectivity index (χ4n) is 1.61. The maximum Gasteiger partial charge on any atom is 0.259 e. The molecule has 98 valence electrons. The first kappa shape index (κ1) is 13.0. The highest BCUT2D eigenvalue weighted by atomic mass is 19.2. The largest absolute Gasteiger partial charge is 0.507 e. The van der Waals surface area contributed by atoms with Gasteiger partial charge in [0.15, 0.2) is 11.6 Å². The van der Waals surface area contributed by atoms with Gasteiger partial charge in [-0.1, -0.05) is 12.1 Å². The zero-order chi connectivity index (χ0) is 14.0. The highest BCUT2D eigenvalue weighted by molar-refractivity contribution is 6.06. The number of halogens is 2. The Morgan fingerprint density at radius 2 is 1.89 bits per heavy atom. The van der Waals surface area contributed by atoms with Crippen LogP contribution in [0.15, 0.2) is 36.4 Å². The Balaban J connectivity index is 2.26. The zero-order valence-electron chi connectivity index (χ0n) is 10.1. The monoisotopic (exact) mass is 263 g/mol. The van der Waals surface area contributed by atoms with Crippen molar-refractivity contribution in [2.24, 2.45) is 0 Å².